The first-order valence-corrected chi connectivity index (χ1v) is 6.75. The molecule has 2 N–H and O–H groups in total. The summed E-state index contributed by atoms with van der Waals surface area (Å²) in [6.07, 6.45) is 0.685. The Labute approximate surface area is 115 Å². The number of halogens is 1. The van der Waals surface area contributed by atoms with Crippen molar-refractivity contribution in [1.82, 2.24) is 5.32 Å². The third kappa shape index (κ3) is 4.66. The van der Waals surface area contributed by atoms with Crippen molar-refractivity contribution in [3.05, 3.63) is 21.3 Å². The van der Waals surface area contributed by atoms with Crippen LogP contribution in [0.5, 0.6) is 0 Å². The van der Waals surface area contributed by atoms with Gasteiger partial charge in [0.1, 0.15) is 0 Å². The molecule has 0 saturated heterocycles. The van der Waals surface area contributed by atoms with Crippen LogP contribution in [0.15, 0.2) is 12.1 Å². The summed E-state index contributed by atoms with van der Waals surface area (Å²) in [4.78, 5) is 23.3. The lowest BCUT2D eigenvalue weighted by molar-refractivity contribution is -0.147. The molecule has 0 fully saturated rings. The van der Waals surface area contributed by atoms with Gasteiger partial charge in [-0.3, -0.25) is 9.59 Å². The average Bonchev–Trinajstić information content (AvgIpc) is 2.63. The zero-order valence-corrected chi connectivity index (χ0v) is 11.9. The molecule has 0 bridgehead atoms. The molecule has 0 aliphatic heterocycles. The molecule has 100 valence electrons. The Hall–Kier alpha value is -1.07. The number of aliphatic carboxylic acids is 1. The molecule has 0 aliphatic carbocycles. The first kappa shape index (κ1) is 15.0. The second-order valence-electron chi connectivity index (χ2n) is 4.67. The second kappa shape index (κ2) is 6.20. The van der Waals surface area contributed by atoms with E-state index in [4.69, 9.17) is 16.7 Å². The molecule has 0 saturated carbocycles. The van der Waals surface area contributed by atoms with Gasteiger partial charge in [-0.25, -0.2) is 0 Å². The van der Waals surface area contributed by atoms with Crippen LogP contribution >= 0.6 is 22.9 Å². The second-order valence-corrected chi connectivity index (χ2v) is 6.47. The topological polar surface area (TPSA) is 66.4 Å². The normalized spacial score (nSPS) is 11.3. The summed E-state index contributed by atoms with van der Waals surface area (Å²) < 4.78 is 0.657. The van der Waals surface area contributed by atoms with E-state index in [2.05, 4.69) is 5.32 Å². The van der Waals surface area contributed by atoms with Gasteiger partial charge in [0.05, 0.1) is 16.2 Å². The molecule has 0 unspecified atom stereocenters. The number of thiophene rings is 1. The number of carboxylic acids is 1. The van der Waals surface area contributed by atoms with Crippen molar-refractivity contribution in [2.24, 2.45) is 5.41 Å². The Morgan fingerprint density at radius 1 is 1.44 bits per heavy atom. The molecule has 1 heterocycles. The number of hydrogen-bond acceptors (Lipinski definition) is 3. The number of hydrogen-bond donors (Lipinski definition) is 2. The molecule has 1 rings (SSSR count). The van der Waals surface area contributed by atoms with Crippen molar-refractivity contribution in [2.75, 3.05) is 6.54 Å². The van der Waals surface area contributed by atoms with Crippen LogP contribution < -0.4 is 5.32 Å². The fraction of sp³-hybridized carbons (Fsp3) is 0.500. The Bertz CT molecular complexity index is 442. The van der Waals surface area contributed by atoms with Crippen LogP contribution in [-0.2, 0) is 16.0 Å². The Balaban J connectivity index is 2.32. The van der Waals surface area contributed by atoms with E-state index < -0.39 is 11.4 Å². The van der Waals surface area contributed by atoms with Gasteiger partial charge in [-0.1, -0.05) is 11.6 Å². The lowest BCUT2D eigenvalue weighted by Gasteiger charge is -2.18. The molecule has 0 spiro atoms. The summed E-state index contributed by atoms with van der Waals surface area (Å²) in [6.45, 7) is 3.64. The van der Waals surface area contributed by atoms with Crippen LogP contribution in [0.2, 0.25) is 4.34 Å². The number of carboxylic acid groups (broad SMARTS) is 1. The maximum absolute atomic E-state index is 11.6. The van der Waals surface area contributed by atoms with Gasteiger partial charge >= 0.3 is 5.97 Å². The minimum atomic E-state index is -0.859. The van der Waals surface area contributed by atoms with E-state index in [0.29, 0.717) is 17.3 Å². The van der Waals surface area contributed by atoms with E-state index in [0.717, 1.165) is 4.88 Å². The van der Waals surface area contributed by atoms with Crippen molar-refractivity contribution in [1.29, 1.82) is 0 Å². The fourth-order valence-corrected chi connectivity index (χ4v) is 2.38. The number of nitrogens with one attached hydrogen (secondary N) is 1. The third-order valence-corrected chi connectivity index (χ3v) is 3.85. The molecule has 1 aromatic rings. The maximum atomic E-state index is 11.6. The quantitative estimate of drug-likeness (QED) is 0.846. The zero-order chi connectivity index (χ0) is 13.8. The highest BCUT2D eigenvalue weighted by Crippen LogP contribution is 2.22. The first-order valence-electron chi connectivity index (χ1n) is 5.55. The zero-order valence-electron chi connectivity index (χ0n) is 10.3. The summed E-state index contributed by atoms with van der Waals surface area (Å²) >= 11 is 7.13. The highest BCUT2D eigenvalue weighted by atomic mass is 35.5. The average molecular weight is 290 g/mol. The maximum Gasteiger partial charge on any atom is 0.309 e. The van der Waals surface area contributed by atoms with E-state index in [1.807, 2.05) is 6.07 Å². The van der Waals surface area contributed by atoms with Gasteiger partial charge in [0.2, 0.25) is 5.91 Å². The molecule has 1 amide bonds. The van der Waals surface area contributed by atoms with Crippen LogP contribution in [0.1, 0.15) is 25.1 Å². The highest BCUT2D eigenvalue weighted by molar-refractivity contribution is 7.16. The van der Waals surface area contributed by atoms with E-state index in [9.17, 15) is 9.59 Å². The van der Waals surface area contributed by atoms with Gasteiger partial charge in [0.25, 0.3) is 0 Å². The predicted octanol–water partition coefficient (Wildman–Crippen LogP) is 2.56. The van der Waals surface area contributed by atoms with E-state index in [1.165, 1.54) is 11.3 Å². The SMILES string of the molecule is CC(C)(CCNC(=O)Cc1ccc(Cl)s1)C(=O)O. The molecule has 0 atom stereocenters. The minimum Gasteiger partial charge on any atom is -0.481 e. The smallest absolute Gasteiger partial charge is 0.309 e. The molecule has 0 aliphatic rings. The molecule has 4 nitrogen and oxygen atoms in total. The molecule has 1 aromatic heterocycles. The summed E-state index contributed by atoms with van der Waals surface area (Å²) in [5.74, 6) is -0.975. The monoisotopic (exact) mass is 289 g/mol. The molecule has 0 aromatic carbocycles. The van der Waals surface area contributed by atoms with Crippen molar-refractivity contribution in [2.45, 2.75) is 26.7 Å². The van der Waals surface area contributed by atoms with Gasteiger partial charge in [0.15, 0.2) is 0 Å². The predicted molar refractivity (Wildman–Crippen MR) is 72.1 cm³/mol. The summed E-state index contributed by atoms with van der Waals surface area (Å²) in [5.41, 5.74) is -0.820. The van der Waals surface area contributed by atoms with E-state index in [1.54, 1.807) is 19.9 Å². The van der Waals surface area contributed by atoms with Gasteiger partial charge in [-0.15, -0.1) is 11.3 Å². The Morgan fingerprint density at radius 2 is 2.11 bits per heavy atom. The van der Waals surface area contributed by atoms with Crippen molar-refractivity contribution < 1.29 is 14.7 Å². The van der Waals surface area contributed by atoms with Gasteiger partial charge in [0, 0.05) is 11.4 Å². The van der Waals surface area contributed by atoms with Crippen molar-refractivity contribution in [3.8, 4) is 0 Å². The number of amides is 1. The molecule has 0 radical (unpaired) electrons. The lowest BCUT2D eigenvalue weighted by atomic mass is 9.90. The van der Waals surface area contributed by atoms with Crippen molar-refractivity contribution in [3.63, 3.8) is 0 Å². The fourth-order valence-electron chi connectivity index (χ4n) is 1.29. The first-order chi connectivity index (χ1) is 8.31. The molecule has 6 heteroatoms. The van der Waals surface area contributed by atoms with Gasteiger partial charge in [-0.05, 0) is 32.4 Å². The molecule has 18 heavy (non-hydrogen) atoms. The van der Waals surface area contributed by atoms with Gasteiger partial charge < -0.3 is 10.4 Å². The standard InChI is InChI=1S/C12H16ClNO3S/c1-12(2,11(16)17)5-6-14-10(15)7-8-3-4-9(13)18-8/h3-4H,5-7H2,1-2H3,(H,14,15)(H,16,17). The number of carbonyl (C=O) groups excluding carboxylic acids is 1. The Kier molecular flexibility index (Phi) is 5.16. The number of rotatable bonds is 6. The van der Waals surface area contributed by atoms with Crippen LogP contribution in [0.3, 0.4) is 0 Å². The summed E-state index contributed by atoms with van der Waals surface area (Å²) in [7, 11) is 0. The van der Waals surface area contributed by atoms with Crippen LogP contribution in [0, 0.1) is 5.41 Å². The summed E-state index contributed by atoms with van der Waals surface area (Å²) in [5, 5.41) is 11.6. The lowest BCUT2D eigenvalue weighted by Crippen LogP contribution is -2.32. The number of carbonyl (C=O) groups is 2. The molecular formula is C12H16ClNO3S. The van der Waals surface area contributed by atoms with Gasteiger partial charge in [-0.2, -0.15) is 0 Å². The van der Waals surface area contributed by atoms with Crippen LogP contribution in [0.4, 0.5) is 0 Å². The van der Waals surface area contributed by atoms with E-state index in [-0.39, 0.29) is 12.3 Å². The minimum absolute atomic E-state index is 0.116. The molecular weight excluding hydrogens is 274 g/mol. The highest BCUT2D eigenvalue weighted by Gasteiger charge is 2.26. The van der Waals surface area contributed by atoms with E-state index >= 15 is 0 Å². The largest absolute Gasteiger partial charge is 0.481 e. The van der Waals surface area contributed by atoms with Crippen LogP contribution in [0.25, 0.3) is 0 Å². The summed E-state index contributed by atoms with van der Waals surface area (Å²) in [6, 6.07) is 3.57. The Morgan fingerprint density at radius 3 is 2.61 bits per heavy atom. The van der Waals surface area contributed by atoms with Crippen molar-refractivity contribution >= 4 is 34.8 Å². The third-order valence-electron chi connectivity index (χ3n) is 2.61. The van der Waals surface area contributed by atoms with Crippen LogP contribution in [-0.4, -0.2) is 23.5 Å².